The highest BCUT2D eigenvalue weighted by atomic mass is 19.4. The predicted octanol–water partition coefficient (Wildman–Crippen LogP) is 1.66. The van der Waals surface area contributed by atoms with Crippen LogP contribution in [0, 0.1) is 0 Å². The molecule has 1 N–H and O–H groups in total. The number of amides is 1. The number of morpholine rings is 1. The van der Waals surface area contributed by atoms with Crippen molar-refractivity contribution in [1.29, 1.82) is 0 Å². The SMILES string of the molecule is COC[C@@H]1CN(C(=O)c2ccc(C(F)(F)F)[nH]c2=O)CC(C)(C)O1. The standard InChI is InChI=1S/C15H19F3N2O4/c1-14(2)8-20(6-9(24-14)7-23-3)13(22)10-4-5-11(15(16,17)18)19-12(10)21/h4-5,9H,6-8H2,1-3H3,(H,19,21)/t9-/m0/s1. The van der Waals surface area contributed by atoms with Crippen molar-refractivity contribution in [3.63, 3.8) is 0 Å². The van der Waals surface area contributed by atoms with Gasteiger partial charge in [-0.15, -0.1) is 0 Å². The van der Waals surface area contributed by atoms with Crippen LogP contribution in [0.4, 0.5) is 13.2 Å². The Bertz CT molecular complexity index is 669. The van der Waals surface area contributed by atoms with Crippen LogP contribution in [0.25, 0.3) is 0 Å². The van der Waals surface area contributed by atoms with E-state index in [1.54, 1.807) is 18.8 Å². The molecule has 0 radical (unpaired) electrons. The van der Waals surface area contributed by atoms with Gasteiger partial charge in [0, 0.05) is 20.2 Å². The van der Waals surface area contributed by atoms with Gasteiger partial charge in [-0.25, -0.2) is 0 Å². The topological polar surface area (TPSA) is 71.6 Å². The van der Waals surface area contributed by atoms with Gasteiger partial charge in [0.05, 0.1) is 18.3 Å². The first-order valence-corrected chi connectivity index (χ1v) is 7.30. The number of hydrogen-bond acceptors (Lipinski definition) is 4. The number of pyridine rings is 1. The number of halogens is 3. The summed E-state index contributed by atoms with van der Waals surface area (Å²) in [6.45, 7) is 4.23. The van der Waals surface area contributed by atoms with Gasteiger partial charge in [-0.2, -0.15) is 13.2 Å². The summed E-state index contributed by atoms with van der Waals surface area (Å²) < 4.78 is 48.6. The van der Waals surface area contributed by atoms with Gasteiger partial charge in [0.25, 0.3) is 11.5 Å². The molecule has 0 aliphatic carbocycles. The van der Waals surface area contributed by atoms with E-state index >= 15 is 0 Å². The van der Waals surface area contributed by atoms with E-state index in [9.17, 15) is 22.8 Å². The number of methoxy groups -OCH3 is 1. The smallest absolute Gasteiger partial charge is 0.382 e. The molecule has 2 heterocycles. The minimum Gasteiger partial charge on any atom is -0.382 e. The third-order valence-corrected chi connectivity index (χ3v) is 3.57. The Balaban J connectivity index is 2.26. The van der Waals surface area contributed by atoms with E-state index < -0.39 is 28.9 Å². The number of aromatic nitrogens is 1. The summed E-state index contributed by atoms with van der Waals surface area (Å²) in [5, 5.41) is 0. The summed E-state index contributed by atoms with van der Waals surface area (Å²) >= 11 is 0. The highest BCUT2D eigenvalue weighted by Crippen LogP contribution is 2.27. The molecule has 1 saturated heterocycles. The number of carbonyl (C=O) groups excluding carboxylic acids is 1. The fourth-order valence-electron chi connectivity index (χ4n) is 2.70. The summed E-state index contributed by atoms with van der Waals surface area (Å²) in [5.41, 5.74) is -3.25. The Morgan fingerprint density at radius 1 is 1.46 bits per heavy atom. The number of H-pyrrole nitrogens is 1. The lowest BCUT2D eigenvalue weighted by atomic mass is 10.0. The molecule has 0 spiro atoms. The van der Waals surface area contributed by atoms with Crippen molar-refractivity contribution in [3.05, 3.63) is 33.7 Å². The number of alkyl halides is 3. The molecule has 1 aliphatic heterocycles. The van der Waals surface area contributed by atoms with Crippen LogP contribution >= 0.6 is 0 Å². The predicted molar refractivity (Wildman–Crippen MR) is 78.8 cm³/mol. The molecule has 24 heavy (non-hydrogen) atoms. The Morgan fingerprint density at radius 3 is 2.67 bits per heavy atom. The third kappa shape index (κ3) is 4.15. The maximum Gasteiger partial charge on any atom is 0.431 e. The maximum absolute atomic E-state index is 12.6. The van der Waals surface area contributed by atoms with Crippen molar-refractivity contribution in [3.8, 4) is 0 Å². The first-order chi connectivity index (χ1) is 11.0. The Morgan fingerprint density at radius 2 is 2.12 bits per heavy atom. The lowest BCUT2D eigenvalue weighted by Gasteiger charge is -2.42. The Kier molecular flexibility index (Phi) is 5.05. The molecule has 0 bridgehead atoms. The van der Waals surface area contributed by atoms with Crippen molar-refractivity contribution < 1.29 is 27.4 Å². The number of nitrogens with zero attached hydrogens (tertiary/aromatic N) is 1. The molecule has 0 unspecified atom stereocenters. The van der Waals surface area contributed by atoms with E-state index in [1.807, 2.05) is 0 Å². The molecule has 2 rings (SSSR count). The zero-order chi connectivity index (χ0) is 18.1. The summed E-state index contributed by atoms with van der Waals surface area (Å²) in [7, 11) is 1.50. The third-order valence-electron chi connectivity index (χ3n) is 3.57. The van der Waals surface area contributed by atoms with Crippen LogP contribution in [0.15, 0.2) is 16.9 Å². The molecule has 9 heteroatoms. The quantitative estimate of drug-likeness (QED) is 0.902. The number of aromatic amines is 1. The largest absolute Gasteiger partial charge is 0.431 e. The molecule has 1 aromatic heterocycles. The zero-order valence-corrected chi connectivity index (χ0v) is 13.6. The molecule has 1 fully saturated rings. The molecule has 1 atom stereocenters. The van der Waals surface area contributed by atoms with E-state index in [4.69, 9.17) is 9.47 Å². The highest BCUT2D eigenvalue weighted by Gasteiger charge is 2.37. The van der Waals surface area contributed by atoms with E-state index in [1.165, 1.54) is 12.0 Å². The van der Waals surface area contributed by atoms with Crippen molar-refractivity contribution in [2.75, 3.05) is 26.8 Å². The van der Waals surface area contributed by atoms with Crippen LogP contribution in [0.2, 0.25) is 0 Å². The molecule has 1 aliphatic rings. The minimum atomic E-state index is -4.68. The Labute approximate surface area is 136 Å². The fraction of sp³-hybridized carbons (Fsp3) is 0.600. The van der Waals surface area contributed by atoms with Crippen LogP contribution in [-0.2, 0) is 15.7 Å². The number of carbonyl (C=O) groups is 1. The molecule has 1 aromatic rings. The average molecular weight is 348 g/mol. The molecular weight excluding hydrogens is 329 g/mol. The second-order valence-electron chi connectivity index (χ2n) is 6.25. The highest BCUT2D eigenvalue weighted by molar-refractivity contribution is 5.94. The minimum absolute atomic E-state index is 0.191. The van der Waals surface area contributed by atoms with Gasteiger partial charge in [-0.1, -0.05) is 0 Å². The fourth-order valence-corrected chi connectivity index (χ4v) is 2.70. The van der Waals surface area contributed by atoms with Gasteiger partial charge < -0.3 is 19.4 Å². The van der Waals surface area contributed by atoms with Crippen molar-refractivity contribution in [1.82, 2.24) is 9.88 Å². The lowest BCUT2D eigenvalue weighted by Crippen LogP contribution is -2.56. The number of rotatable bonds is 3. The van der Waals surface area contributed by atoms with Crippen LogP contribution in [0.5, 0.6) is 0 Å². The van der Waals surface area contributed by atoms with E-state index in [0.717, 1.165) is 6.07 Å². The second kappa shape index (κ2) is 6.56. The Hall–Kier alpha value is -1.87. The van der Waals surface area contributed by atoms with E-state index in [0.29, 0.717) is 6.07 Å². The summed E-state index contributed by atoms with van der Waals surface area (Å²) in [4.78, 5) is 27.5. The molecule has 0 saturated carbocycles. The number of nitrogens with one attached hydrogen (secondary N) is 1. The van der Waals surface area contributed by atoms with Gasteiger partial charge in [0.1, 0.15) is 11.3 Å². The molecule has 134 valence electrons. The van der Waals surface area contributed by atoms with Gasteiger partial charge in [-0.05, 0) is 26.0 Å². The molecule has 0 aromatic carbocycles. The number of hydrogen-bond donors (Lipinski definition) is 1. The lowest BCUT2D eigenvalue weighted by molar-refractivity contribution is -0.143. The van der Waals surface area contributed by atoms with E-state index in [-0.39, 0.29) is 31.4 Å². The van der Waals surface area contributed by atoms with Gasteiger partial charge >= 0.3 is 6.18 Å². The van der Waals surface area contributed by atoms with Gasteiger partial charge in [0.15, 0.2) is 0 Å². The first kappa shape index (κ1) is 18.5. The van der Waals surface area contributed by atoms with Crippen molar-refractivity contribution in [2.24, 2.45) is 0 Å². The van der Waals surface area contributed by atoms with E-state index in [2.05, 4.69) is 0 Å². The molecule has 1 amide bonds. The zero-order valence-electron chi connectivity index (χ0n) is 13.6. The average Bonchev–Trinajstić information content (AvgIpc) is 2.44. The van der Waals surface area contributed by atoms with Crippen LogP contribution in [0.3, 0.4) is 0 Å². The van der Waals surface area contributed by atoms with Crippen LogP contribution in [0.1, 0.15) is 29.9 Å². The molecular formula is C15H19F3N2O4. The normalized spacial score (nSPS) is 20.9. The summed E-state index contributed by atoms with van der Waals surface area (Å²) in [6.07, 6.45) is -5.05. The summed E-state index contributed by atoms with van der Waals surface area (Å²) in [5.74, 6) is -0.637. The monoisotopic (exact) mass is 348 g/mol. The van der Waals surface area contributed by atoms with Crippen LogP contribution in [-0.4, -0.2) is 54.3 Å². The maximum atomic E-state index is 12.6. The van der Waals surface area contributed by atoms with Gasteiger partial charge in [0.2, 0.25) is 0 Å². The van der Waals surface area contributed by atoms with Gasteiger partial charge in [-0.3, -0.25) is 9.59 Å². The first-order valence-electron chi connectivity index (χ1n) is 7.30. The summed E-state index contributed by atoms with van der Waals surface area (Å²) in [6, 6.07) is 1.59. The van der Waals surface area contributed by atoms with Crippen LogP contribution < -0.4 is 5.56 Å². The van der Waals surface area contributed by atoms with Crippen molar-refractivity contribution >= 4 is 5.91 Å². The second-order valence-corrected chi connectivity index (χ2v) is 6.25. The van der Waals surface area contributed by atoms with Crippen molar-refractivity contribution in [2.45, 2.75) is 31.7 Å². The molecule has 6 nitrogen and oxygen atoms in total. The number of ether oxygens (including phenoxy) is 2.